The Labute approximate surface area is 182 Å². The molecule has 0 unspecified atom stereocenters. The van der Waals surface area contributed by atoms with Crippen molar-refractivity contribution in [2.24, 2.45) is 5.18 Å². The molecule has 0 spiro atoms. The third-order valence-electron chi connectivity index (χ3n) is 5.40. The van der Waals surface area contributed by atoms with Gasteiger partial charge < -0.3 is 9.64 Å². The Hall–Kier alpha value is -3.98. The summed E-state index contributed by atoms with van der Waals surface area (Å²) >= 11 is 0. The topological polar surface area (TPSA) is 89.2 Å². The van der Waals surface area contributed by atoms with Gasteiger partial charge in [0.15, 0.2) is 11.5 Å². The van der Waals surface area contributed by atoms with Gasteiger partial charge >= 0.3 is 0 Å². The Kier molecular flexibility index (Phi) is 5.16. The van der Waals surface area contributed by atoms with E-state index in [0.717, 1.165) is 0 Å². The third kappa shape index (κ3) is 3.52. The summed E-state index contributed by atoms with van der Waals surface area (Å²) in [6.45, 7) is 2.49. The number of hydrogen-bond acceptors (Lipinski definition) is 7. The second-order valence-corrected chi connectivity index (χ2v) is 7.33. The summed E-state index contributed by atoms with van der Waals surface area (Å²) in [6, 6.07) is 12.0. The van der Waals surface area contributed by atoms with E-state index in [1.165, 1.54) is 24.3 Å². The number of morpholine rings is 1. The Morgan fingerprint density at radius 1 is 1.03 bits per heavy atom. The second-order valence-electron chi connectivity index (χ2n) is 7.33. The smallest absolute Gasteiger partial charge is 0.213 e. The molecule has 5 rings (SSSR count). The van der Waals surface area contributed by atoms with Gasteiger partial charge in [-0.15, -0.1) is 4.91 Å². The van der Waals surface area contributed by atoms with Crippen molar-refractivity contribution in [3.8, 4) is 11.3 Å². The van der Waals surface area contributed by atoms with Crippen molar-refractivity contribution >= 4 is 22.9 Å². The summed E-state index contributed by atoms with van der Waals surface area (Å²) in [5.41, 5.74) is 2.60. The Morgan fingerprint density at radius 3 is 2.44 bits per heavy atom. The fourth-order valence-electron chi connectivity index (χ4n) is 3.81. The molecule has 3 heterocycles. The van der Waals surface area contributed by atoms with Crippen LogP contribution < -0.4 is 4.90 Å². The van der Waals surface area contributed by atoms with Gasteiger partial charge in [-0.2, -0.15) is 0 Å². The van der Waals surface area contributed by atoms with Crippen LogP contribution in [-0.2, 0) is 4.74 Å². The molecule has 0 radical (unpaired) electrons. The van der Waals surface area contributed by atoms with Gasteiger partial charge in [-0.1, -0.05) is 12.1 Å². The van der Waals surface area contributed by atoms with Crippen LogP contribution in [0.3, 0.4) is 0 Å². The minimum atomic E-state index is -0.424. The number of aromatic nitrogens is 3. The quantitative estimate of drug-likeness (QED) is 0.351. The molecule has 0 atom stereocenters. The third-order valence-corrected chi connectivity index (χ3v) is 5.40. The first-order valence-electron chi connectivity index (χ1n) is 10.1. The molecular formula is C23H18FN5O3. The van der Waals surface area contributed by atoms with Crippen LogP contribution in [-0.4, -0.2) is 46.5 Å². The van der Waals surface area contributed by atoms with Gasteiger partial charge in [0, 0.05) is 36.6 Å². The average molecular weight is 431 g/mol. The largest absolute Gasteiger partial charge is 0.378 e. The lowest BCUT2D eigenvalue weighted by Gasteiger charge is -2.27. The van der Waals surface area contributed by atoms with Crippen LogP contribution in [0.15, 0.2) is 66.1 Å². The van der Waals surface area contributed by atoms with Crippen molar-refractivity contribution in [2.45, 2.75) is 0 Å². The lowest BCUT2D eigenvalue weighted by Crippen LogP contribution is -2.37. The zero-order valence-electron chi connectivity index (χ0n) is 16.9. The fourth-order valence-corrected chi connectivity index (χ4v) is 3.81. The van der Waals surface area contributed by atoms with E-state index in [1.807, 2.05) is 4.40 Å². The SMILES string of the molecule is O=Nc1ccc(-c2c(C(=O)c3ccc(F)cc3)nc3c(N4CCOCC4)nccn23)cc1. The zero-order valence-corrected chi connectivity index (χ0v) is 16.9. The second kappa shape index (κ2) is 8.27. The predicted molar refractivity (Wildman–Crippen MR) is 117 cm³/mol. The van der Waals surface area contributed by atoms with Crippen molar-refractivity contribution in [1.82, 2.24) is 14.4 Å². The van der Waals surface area contributed by atoms with Gasteiger partial charge in [-0.05, 0) is 41.6 Å². The number of benzene rings is 2. The van der Waals surface area contributed by atoms with Crippen LogP contribution in [0, 0.1) is 10.7 Å². The molecule has 1 aliphatic heterocycles. The van der Waals surface area contributed by atoms with E-state index in [1.54, 1.807) is 36.7 Å². The number of nitroso groups, excluding NO2 is 1. The molecule has 0 saturated carbocycles. The molecular weight excluding hydrogens is 413 g/mol. The first-order chi connectivity index (χ1) is 15.7. The maximum absolute atomic E-state index is 13.4. The standard InChI is InChI=1S/C23H18FN5O3/c24-17-5-1-16(2-6-17)21(30)19-20(15-3-7-18(27-31)8-4-15)29-10-9-25-22(23(29)26-19)28-11-13-32-14-12-28/h1-10H,11-14H2. The van der Waals surface area contributed by atoms with Gasteiger partial charge in [0.2, 0.25) is 5.78 Å². The molecule has 1 aliphatic rings. The van der Waals surface area contributed by atoms with Crippen molar-refractivity contribution in [2.75, 3.05) is 31.2 Å². The highest BCUT2D eigenvalue weighted by Gasteiger charge is 2.25. The summed E-state index contributed by atoms with van der Waals surface area (Å²) in [5, 5.41) is 2.94. The lowest BCUT2D eigenvalue weighted by molar-refractivity contribution is 0.103. The molecule has 8 nitrogen and oxygen atoms in total. The van der Waals surface area contributed by atoms with E-state index in [2.05, 4.69) is 15.1 Å². The number of fused-ring (bicyclic) bond motifs is 1. The van der Waals surface area contributed by atoms with Crippen LogP contribution in [0.25, 0.3) is 16.9 Å². The maximum atomic E-state index is 13.4. The molecule has 1 fully saturated rings. The van der Waals surface area contributed by atoms with Gasteiger partial charge in [0.25, 0.3) is 0 Å². The molecule has 1 saturated heterocycles. The molecule has 160 valence electrons. The van der Waals surface area contributed by atoms with Crippen molar-refractivity contribution in [3.63, 3.8) is 0 Å². The van der Waals surface area contributed by atoms with Crippen LogP contribution in [0.5, 0.6) is 0 Å². The highest BCUT2D eigenvalue weighted by Crippen LogP contribution is 2.31. The van der Waals surface area contributed by atoms with Gasteiger partial charge in [0.05, 0.1) is 18.9 Å². The molecule has 0 amide bonds. The molecule has 0 aliphatic carbocycles. The van der Waals surface area contributed by atoms with E-state index in [0.29, 0.717) is 54.6 Å². The number of carbonyl (C=O) groups is 1. The number of ether oxygens (including phenoxy) is 1. The number of carbonyl (C=O) groups excluding carboxylic acids is 1. The Bertz CT molecular complexity index is 1300. The van der Waals surface area contributed by atoms with Gasteiger partial charge in [0.1, 0.15) is 17.2 Å². The van der Waals surface area contributed by atoms with Crippen molar-refractivity contribution < 1.29 is 13.9 Å². The van der Waals surface area contributed by atoms with Crippen LogP contribution in [0.1, 0.15) is 16.1 Å². The summed E-state index contributed by atoms with van der Waals surface area (Å²) in [5.74, 6) is -0.108. The van der Waals surface area contributed by atoms with Gasteiger partial charge in [-0.25, -0.2) is 14.4 Å². The molecule has 2 aromatic heterocycles. The summed E-state index contributed by atoms with van der Waals surface area (Å²) in [6.07, 6.45) is 3.41. The molecule has 0 bridgehead atoms. The van der Waals surface area contributed by atoms with E-state index < -0.39 is 5.82 Å². The molecule has 9 heteroatoms. The summed E-state index contributed by atoms with van der Waals surface area (Å²) in [4.78, 5) is 35.5. The normalized spacial score (nSPS) is 14.0. The molecule has 0 N–H and O–H groups in total. The number of nitrogens with zero attached hydrogens (tertiary/aromatic N) is 5. The van der Waals surface area contributed by atoms with E-state index in [9.17, 15) is 14.1 Å². The van der Waals surface area contributed by atoms with Gasteiger partial charge in [-0.3, -0.25) is 9.20 Å². The monoisotopic (exact) mass is 431 g/mol. The van der Waals surface area contributed by atoms with E-state index in [-0.39, 0.29) is 17.2 Å². The summed E-state index contributed by atoms with van der Waals surface area (Å²) in [7, 11) is 0. The van der Waals surface area contributed by atoms with Crippen molar-refractivity contribution in [3.05, 3.63) is 82.9 Å². The highest BCUT2D eigenvalue weighted by atomic mass is 19.1. The average Bonchev–Trinajstić information content (AvgIpc) is 3.24. The molecule has 2 aromatic carbocycles. The molecule has 32 heavy (non-hydrogen) atoms. The number of hydrogen-bond donors (Lipinski definition) is 0. The van der Waals surface area contributed by atoms with E-state index in [4.69, 9.17) is 9.72 Å². The lowest BCUT2D eigenvalue weighted by atomic mass is 10.0. The first-order valence-corrected chi connectivity index (χ1v) is 10.1. The Balaban J connectivity index is 1.72. The number of anilines is 1. The summed E-state index contributed by atoms with van der Waals surface area (Å²) < 4.78 is 20.7. The predicted octanol–water partition coefficient (Wildman–Crippen LogP) is 4.00. The van der Waals surface area contributed by atoms with Crippen LogP contribution in [0.2, 0.25) is 0 Å². The number of imidazole rings is 1. The highest BCUT2D eigenvalue weighted by molar-refractivity contribution is 6.12. The number of ketones is 1. The van der Waals surface area contributed by atoms with Crippen LogP contribution in [0.4, 0.5) is 15.9 Å². The minimum absolute atomic E-state index is 0.214. The number of halogens is 1. The first kappa shape index (κ1) is 20.0. The zero-order chi connectivity index (χ0) is 22.1. The fraction of sp³-hybridized carbons (Fsp3) is 0.174. The maximum Gasteiger partial charge on any atom is 0.213 e. The van der Waals surface area contributed by atoms with Crippen LogP contribution >= 0.6 is 0 Å². The minimum Gasteiger partial charge on any atom is -0.378 e. The molecule has 4 aromatic rings. The Morgan fingerprint density at radius 2 is 1.75 bits per heavy atom. The number of rotatable bonds is 5. The van der Waals surface area contributed by atoms with E-state index >= 15 is 0 Å². The van der Waals surface area contributed by atoms with Crippen molar-refractivity contribution in [1.29, 1.82) is 0 Å².